The van der Waals surface area contributed by atoms with Gasteiger partial charge in [-0.3, -0.25) is 9.80 Å². The minimum Gasteiger partial charge on any atom is -0.292 e. The summed E-state index contributed by atoms with van der Waals surface area (Å²) in [6.07, 6.45) is 40.6. The van der Waals surface area contributed by atoms with Crippen molar-refractivity contribution in [3.8, 4) is 0 Å². The van der Waals surface area contributed by atoms with Gasteiger partial charge in [-0.05, 0) is 158 Å². The molecule has 0 N–H and O–H groups in total. The molecule has 0 aromatic heterocycles. The second-order valence-electron chi connectivity index (χ2n) is 18.2. The molecule has 11 saturated carbocycles. The molecule has 2 nitrogen and oxygen atoms in total. The third-order valence-corrected chi connectivity index (χ3v) is 15.4. The highest BCUT2D eigenvalue weighted by molar-refractivity contribution is 5.13. The van der Waals surface area contributed by atoms with Crippen molar-refractivity contribution in [2.45, 2.75) is 202 Å². The first-order chi connectivity index (χ1) is 19.6. The molecule has 0 radical (unpaired) electrons. The smallest absolute Gasteiger partial charge is 0.0223 e. The van der Waals surface area contributed by atoms with E-state index >= 15 is 0 Å². The molecule has 0 saturated heterocycles. The maximum atomic E-state index is 3.43. The largest absolute Gasteiger partial charge is 0.292 e. The standard InChI is InChI=1S/C38H62N2/c1-3-8-33(9-4-1)39(37-21-27-14-28(22-37)16-29(15-27)23-37)35-12-7-13-36(20-35)40(34-10-5-2-6-11-34)38-24-30-17-31(25-38)19-32(18-30)26-38/h27-36H,1-26H2. The normalized spacial score (nSPS) is 50.9. The SMILES string of the molecule is C1CCC(N(C2CCCC(N(C3CCCCC3)C34CC5CC(CC(C5)C3)C4)C2)C23CC4CC(CC(C4)C2)C3)CC1. The van der Waals surface area contributed by atoms with Gasteiger partial charge in [-0.15, -0.1) is 0 Å². The van der Waals surface area contributed by atoms with Gasteiger partial charge in [-0.2, -0.15) is 0 Å². The van der Waals surface area contributed by atoms with Crippen LogP contribution in [0.15, 0.2) is 0 Å². The van der Waals surface area contributed by atoms with E-state index in [0.29, 0.717) is 11.1 Å². The summed E-state index contributed by atoms with van der Waals surface area (Å²) in [5.41, 5.74) is 1.22. The molecule has 0 spiro atoms. The molecule has 0 aliphatic heterocycles. The highest BCUT2D eigenvalue weighted by atomic mass is 15.3. The number of rotatable bonds is 6. The van der Waals surface area contributed by atoms with E-state index < -0.39 is 0 Å². The molecule has 224 valence electrons. The topological polar surface area (TPSA) is 6.48 Å². The van der Waals surface area contributed by atoms with Crippen molar-refractivity contribution in [2.75, 3.05) is 0 Å². The van der Waals surface area contributed by atoms with Crippen molar-refractivity contribution in [3.63, 3.8) is 0 Å². The van der Waals surface area contributed by atoms with Crippen LogP contribution in [0.25, 0.3) is 0 Å². The first-order valence-corrected chi connectivity index (χ1v) is 19.2. The van der Waals surface area contributed by atoms with Crippen LogP contribution in [-0.2, 0) is 0 Å². The molecular weight excluding hydrogens is 484 g/mol. The molecular formula is C38H62N2. The maximum absolute atomic E-state index is 3.43. The van der Waals surface area contributed by atoms with Crippen LogP contribution in [-0.4, -0.2) is 45.0 Å². The lowest BCUT2D eigenvalue weighted by Crippen LogP contribution is -2.68. The van der Waals surface area contributed by atoms with E-state index in [1.54, 1.807) is 83.5 Å². The van der Waals surface area contributed by atoms with Crippen molar-refractivity contribution in [2.24, 2.45) is 35.5 Å². The molecule has 0 amide bonds. The second kappa shape index (κ2) is 10.2. The monoisotopic (exact) mass is 546 g/mol. The Morgan fingerprint density at radius 2 is 0.600 bits per heavy atom. The van der Waals surface area contributed by atoms with E-state index in [1.807, 2.05) is 0 Å². The van der Waals surface area contributed by atoms with Gasteiger partial charge in [0.25, 0.3) is 0 Å². The lowest BCUT2D eigenvalue weighted by molar-refractivity contribution is -0.154. The molecule has 2 heteroatoms. The summed E-state index contributed by atoms with van der Waals surface area (Å²) >= 11 is 0. The molecule has 2 unspecified atom stereocenters. The fourth-order valence-electron chi connectivity index (χ4n) is 15.3. The molecule has 11 fully saturated rings. The van der Waals surface area contributed by atoms with E-state index in [2.05, 4.69) is 9.80 Å². The lowest BCUT2D eigenvalue weighted by Gasteiger charge is -2.66. The molecule has 2 atom stereocenters. The fraction of sp³-hybridized carbons (Fsp3) is 1.00. The predicted octanol–water partition coefficient (Wildman–Crippen LogP) is 9.50. The Morgan fingerprint density at radius 3 is 0.925 bits per heavy atom. The van der Waals surface area contributed by atoms with Crippen molar-refractivity contribution in [1.82, 2.24) is 9.80 Å². The highest BCUT2D eigenvalue weighted by Crippen LogP contribution is 2.62. The van der Waals surface area contributed by atoms with Gasteiger partial charge in [0, 0.05) is 35.2 Å². The summed E-state index contributed by atoms with van der Waals surface area (Å²) in [5.74, 6) is 6.51. The Hall–Kier alpha value is -0.0800. The first kappa shape index (κ1) is 26.3. The predicted molar refractivity (Wildman–Crippen MR) is 165 cm³/mol. The van der Waals surface area contributed by atoms with Crippen molar-refractivity contribution in [3.05, 3.63) is 0 Å². The van der Waals surface area contributed by atoms with Gasteiger partial charge in [0.1, 0.15) is 0 Å². The van der Waals surface area contributed by atoms with Crippen molar-refractivity contribution >= 4 is 0 Å². The molecule has 0 heterocycles. The maximum Gasteiger partial charge on any atom is 0.0223 e. The van der Waals surface area contributed by atoms with Gasteiger partial charge < -0.3 is 0 Å². The summed E-state index contributed by atoms with van der Waals surface area (Å²) in [6.45, 7) is 0. The fourth-order valence-corrected chi connectivity index (χ4v) is 15.3. The average molecular weight is 547 g/mol. The number of hydrogen-bond acceptors (Lipinski definition) is 2. The van der Waals surface area contributed by atoms with Crippen LogP contribution in [0.3, 0.4) is 0 Å². The molecule has 8 bridgehead atoms. The third kappa shape index (κ3) is 4.44. The Labute approximate surface area is 247 Å². The zero-order valence-corrected chi connectivity index (χ0v) is 26.1. The summed E-state index contributed by atoms with van der Waals surface area (Å²) in [5, 5.41) is 0. The molecule has 11 aliphatic rings. The van der Waals surface area contributed by atoms with E-state index in [9.17, 15) is 0 Å². The van der Waals surface area contributed by atoms with E-state index in [1.165, 1.54) is 83.5 Å². The van der Waals surface area contributed by atoms with Crippen LogP contribution in [0.2, 0.25) is 0 Å². The van der Waals surface area contributed by atoms with Gasteiger partial charge in [-0.25, -0.2) is 0 Å². The van der Waals surface area contributed by atoms with E-state index in [0.717, 1.165) is 59.7 Å². The zero-order valence-electron chi connectivity index (χ0n) is 26.1. The quantitative estimate of drug-likeness (QED) is 0.327. The van der Waals surface area contributed by atoms with Crippen LogP contribution in [0.4, 0.5) is 0 Å². The molecule has 11 aliphatic carbocycles. The van der Waals surface area contributed by atoms with Crippen molar-refractivity contribution in [1.29, 1.82) is 0 Å². The van der Waals surface area contributed by atoms with E-state index in [-0.39, 0.29) is 0 Å². The van der Waals surface area contributed by atoms with Gasteiger partial charge in [-0.1, -0.05) is 44.9 Å². The van der Waals surface area contributed by atoms with E-state index in [4.69, 9.17) is 0 Å². The Bertz CT molecular complexity index is 768. The van der Waals surface area contributed by atoms with Gasteiger partial charge in [0.05, 0.1) is 0 Å². The summed E-state index contributed by atoms with van der Waals surface area (Å²) in [6, 6.07) is 3.66. The average Bonchev–Trinajstić information content (AvgIpc) is 2.93. The molecule has 0 aromatic carbocycles. The lowest BCUT2D eigenvalue weighted by atomic mass is 9.51. The highest BCUT2D eigenvalue weighted by Gasteiger charge is 2.59. The molecule has 40 heavy (non-hydrogen) atoms. The van der Waals surface area contributed by atoms with Crippen LogP contribution in [0.5, 0.6) is 0 Å². The summed E-state index contributed by atoms with van der Waals surface area (Å²) in [4.78, 5) is 6.86. The molecule has 0 aromatic rings. The Morgan fingerprint density at radius 1 is 0.300 bits per heavy atom. The minimum atomic E-state index is 0.611. The third-order valence-electron chi connectivity index (χ3n) is 15.4. The molecule has 11 rings (SSSR count). The second-order valence-corrected chi connectivity index (χ2v) is 18.2. The van der Waals surface area contributed by atoms with Gasteiger partial charge >= 0.3 is 0 Å². The van der Waals surface area contributed by atoms with Crippen LogP contribution in [0, 0.1) is 35.5 Å². The minimum absolute atomic E-state index is 0.611. The van der Waals surface area contributed by atoms with Gasteiger partial charge in [0.2, 0.25) is 0 Å². The van der Waals surface area contributed by atoms with Crippen molar-refractivity contribution < 1.29 is 0 Å². The van der Waals surface area contributed by atoms with Crippen LogP contribution >= 0.6 is 0 Å². The van der Waals surface area contributed by atoms with Gasteiger partial charge in [0.15, 0.2) is 0 Å². The number of nitrogens with zero attached hydrogens (tertiary/aromatic N) is 2. The first-order valence-electron chi connectivity index (χ1n) is 19.2. The zero-order chi connectivity index (χ0) is 26.3. The summed E-state index contributed by atoms with van der Waals surface area (Å²) < 4.78 is 0. The Balaban J connectivity index is 1.04. The summed E-state index contributed by atoms with van der Waals surface area (Å²) in [7, 11) is 0. The Kier molecular flexibility index (Phi) is 6.74. The van der Waals surface area contributed by atoms with Crippen LogP contribution < -0.4 is 0 Å². The number of hydrogen-bond donors (Lipinski definition) is 0. The van der Waals surface area contributed by atoms with Crippen LogP contribution in [0.1, 0.15) is 167 Å².